The van der Waals surface area contributed by atoms with E-state index in [1.165, 1.54) is 0 Å². The molecule has 11 aromatic rings. The summed E-state index contributed by atoms with van der Waals surface area (Å²) in [6.07, 6.45) is 20.4. The number of aryl methyl sites for hydroxylation is 1. The quantitative estimate of drug-likeness (QED) is 0.0720. The Morgan fingerprint density at radius 1 is 0.657 bits per heavy atom. The Morgan fingerprint density at radius 2 is 1.44 bits per heavy atom. The van der Waals surface area contributed by atoms with Crippen LogP contribution in [0.1, 0.15) is 44.4 Å². The maximum absolute atomic E-state index is 12.8. The van der Waals surface area contributed by atoms with Gasteiger partial charge in [0.05, 0.1) is 40.0 Å². The Balaban J connectivity index is 0.984. The number of nitrogens with two attached hydrogens (primary N) is 1. The summed E-state index contributed by atoms with van der Waals surface area (Å²) >= 11 is 0. The fourth-order valence-corrected chi connectivity index (χ4v) is 8.87. The van der Waals surface area contributed by atoms with Gasteiger partial charge in [-0.05, 0) is 132 Å². The summed E-state index contributed by atoms with van der Waals surface area (Å²) in [6, 6.07) is 28.6. The molecule has 0 aliphatic heterocycles. The predicted molar refractivity (Wildman–Crippen MR) is 279 cm³/mol. The number of nitrogens with zero attached hydrogens (tertiary/aromatic N) is 7. The molecule has 0 saturated carbocycles. The summed E-state index contributed by atoms with van der Waals surface area (Å²) in [5, 5.41) is 22.0. The third-order valence-electron chi connectivity index (χ3n) is 12.6. The molecule has 9 heterocycles. The van der Waals surface area contributed by atoms with Gasteiger partial charge in [0.15, 0.2) is 0 Å². The van der Waals surface area contributed by atoms with Crippen molar-refractivity contribution < 1.29 is 4.79 Å². The number of fused-ring (bicyclic) bond motifs is 3. The molecule has 0 fully saturated rings. The molecule has 0 atom stereocenters. The van der Waals surface area contributed by atoms with Crippen molar-refractivity contribution in [3.63, 3.8) is 0 Å². The second-order valence-corrected chi connectivity index (χ2v) is 18.3. The number of anilines is 2. The number of allylic oxidation sites excluding steroid dienone is 3. The number of aromatic nitrogens is 11. The van der Waals surface area contributed by atoms with Crippen LogP contribution in [0.3, 0.4) is 0 Å². The molecule has 0 spiro atoms. The van der Waals surface area contributed by atoms with Crippen molar-refractivity contribution >= 4 is 55.8 Å². The van der Waals surface area contributed by atoms with Gasteiger partial charge < -0.3 is 21.0 Å². The zero-order valence-electron chi connectivity index (χ0n) is 39.0. The first-order chi connectivity index (χ1) is 34.0. The van der Waals surface area contributed by atoms with Gasteiger partial charge in [-0.1, -0.05) is 45.1 Å². The zero-order valence-corrected chi connectivity index (χ0v) is 39.0. The second-order valence-electron chi connectivity index (χ2n) is 18.3. The maximum Gasteiger partial charge on any atom is 0.229 e. The Bertz CT molecular complexity index is 3860. The van der Waals surface area contributed by atoms with Crippen LogP contribution in [0, 0.1) is 12.3 Å². The van der Waals surface area contributed by atoms with E-state index in [1.807, 2.05) is 107 Å². The Kier molecular flexibility index (Phi) is 10.8. The third-order valence-corrected chi connectivity index (χ3v) is 12.6. The molecule has 9 aromatic heterocycles. The van der Waals surface area contributed by atoms with E-state index in [-0.39, 0.29) is 5.91 Å². The van der Waals surface area contributed by atoms with E-state index in [4.69, 9.17) is 25.9 Å². The number of pyridine rings is 5. The predicted octanol–water partition coefficient (Wildman–Crippen LogP) is 12.1. The summed E-state index contributed by atoms with van der Waals surface area (Å²) in [5.41, 5.74) is 23.5. The van der Waals surface area contributed by atoms with Gasteiger partial charge in [-0.25, -0.2) is 4.98 Å². The SMILES string of the molecule is CC=C/C=C(/c1ccncc1)c1cc(-c2n[nH]c3c(-c4cc(-c5ccnc6[nH]c(-c7n[nH]c8ccc(-c9cncc(NC(=O)C(C)(C)C)c9)cc78)cc56)ccn4)cc(-c4cnccc4C)cc23)[nH]c1N. The number of hydrogen-bond acceptors (Lipinski definition) is 9. The Hall–Kier alpha value is -9.30. The van der Waals surface area contributed by atoms with Crippen molar-refractivity contribution in [2.24, 2.45) is 5.41 Å². The van der Waals surface area contributed by atoms with Gasteiger partial charge in [-0.15, -0.1) is 0 Å². The van der Waals surface area contributed by atoms with Crippen molar-refractivity contribution in [2.75, 3.05) is 11.1 Å². The van der Waals surface area contributed by atoms with Crippen LogP contribution in [0.15, 0.2) is 153 Å². The van der Waals surface area contributed by atoms with Crippen LogP contribution >= 0.6 is 0 Å². The fourth-order valence-electron chi connectivity index (χ4n) is 8.87. The van der Waals surface area contributed by atoms with Crippen LogP contribution in [0.5, 0.6) is 0 Å². The third kappa shape index (κ3) is 7.96. The van der Waals surface area contributed by atoms with Gasteiger partial charge in [0, 0.05) is 87.2 Å². The lowest BCUT2D eigenvalue weighted by atomic mass is 9.94. The molecule has 70 heavy (non-hydrogen) atoms. The van der Waals surface area contributed by atoms with E-state index in [0.29, 0.717) is 11.5 Å². The highest BCUT2D eigenvalue weighted by molar-refractivity contribution is 6.06. The number of nitrogen functional groups attached to an aromatic ring is 1. The molecule has 14 nitrogen and oxygen atoms in total. The van der Waals surface area contributed by atoms with E-state index in [0.717, 1.165) is 123 Å². The molecule has 0 aliphatic rings. The van der Waals surface area contributed by atoms with Crippen LogP contribution in [-0.4, -0.2) is 61.2 Å². The minimum atomic E-state index is -0.542. The molecule has 2 aromatic carbocycles. The molecule has 0 bridgehead atoms. The number of hydrogen-bond donors (Lipinski definition) is 6. The topological polar surface area (TPSA) is 209 Å². The average molecular weight is 918 g/mol. The number of nitrogens with one attached hydrogen (secondary N) is 5. The summed E-state index contributed by atoms with van der Waals surface area (Å²) in [7, 11) is 0. The minimum absolute atomic E-state index is 0.0815. The van der Waals surface area contributed by atoms with E-state index in [2.05, 4.69) is 89.8 Å². The molecule has 0 radical (unpaired) electrons. The molecule has 0 saturated heterocycles. The largest absolute Gasteiger partial charge is 0.385 e. The summed E-state index contributed by atoms with van der Waals surface area (Å²) < 4.78 is 0. The lowest BCUT2D eigenvalue weighted by Gasteiger charge is -2.17. The van der Waals surface area contributed by atoms with Gasteiger partial charge in [0.2, 0.25) is 5.91 Å². The fraction of sp³-hybridized carbons (Fsp3) is 0.107. The van der Waals surface area contributed by atoms with E-state index < -0.39 is 5.41 Å². The van der Waals surface area contributed by atoms with Crippen molar-refractivity contribution in [1.82, 2.24) is 55.3 Å². The minimum Gasteiger partial charge on any atom is -0.385 e. The number of carbonyl (C=O) groups excluding carboxylic acids is 1. The highest BCUT2D eigenvalue weighted by Crippen LogP contribution is 2.41. The highest BCUT2D eigenvalue weighted by Gasteiger charge is 2.23. The number of benzene rings is 2. The number of rotatable bonds is 10. The van der Waals surface area contributed by atoms with Crippen molar-refractivity contribution in [1.29, 1.82) is 0 Å². The standard InChI is InChI=1S/C56H47N13O/c1-6-7-8-38(32-12-17-58-18-13-32)40-26-48(64-53(40)57)52-44-24-35(45-30-59-16-11-31(45)2)23-43(50(44)67-69-52)47-25-34(14-19-61-47)39-15-20-62-54-41(39)27-49(65-54)51-42-22-33(9-10-46(42)66-68-51)36-21-37(29-60-28-36)63-55(70)56(3,4)5/h6-30,64H,57H2,1-5H3,(H,62,65)(H,63,70)(H,66,68)(H,67,69)/b7-6?,38-8-. The summed E-state index contributed by atoms with van der Waals surface area (Å²) in [4.78, 5) is 42.7. The van der Waals surface area contributed by atoms with Gasteiger partial charge in [-0.2, -0.15) is 10.2 Å². The molecular formula is C56H47N13O. The zero-order chi connectivity index (χ0) is 48.1. The van der Waals surface area contributed by atoms with Gasteiger partial charge in [0.25, 0.3) is 0 Å². The molecule has 7 N–H and O–H groups in total. The van der Waals surface area contributed by atoms with E-state index >= 15 is 0 Å². The first kappa shape index (κ1) is 43.3. The van der Waals surface area contributed by atoms with Crippen molar-refractivity contribution in [3.05, 3.63) is 169 Å². The van der Waals surface area contributed by atoms with Crippen LogP contribution in [-0.2, 0) is 4.79 Å². The highest BCUT2D eigenvalue weighted by atomic mass is 16.2. The molecule has 11 rings (SSSR count). The monoisotopic (exact) mass is 917 g/mol. The van der Waals surface area contributed by atoms with Crippen LogP contribution in [0.25, 0.3) is 106 Å². The maximum atomic E-state index is 12.8. The first-order valence-electron chi connectivity index (χ1n) is 22.9. The van der Waals surface area contributed by atoms with Crippen molar-refractivity contribution in [2.45, 2.75) is 34.6 Å². The average Bonchev–Trinajstić information content (AvgIpc) is 4.19. The summed E-state index contributed by atoms with van der Waals surface area (Å²) in [6.45, 7) is 9.72. The van der Waals surface area contributed by atoms with Gasteiger partial charge in [-0.3, -0.25) is 34.9 Å². The normalized spacial score (nSPS) is 12.2. The Morgan fingerprint density at radius 3 is 2.27 bits per heavy atom. The molecule has 0 aliphatic carbocycles. The molecular weight excluding hydrogens is 871 g/mol. The molecule has 0 unspecified atom stereocenters. The number of aromatic amines is 4. The van der Waals surface area contributed by atoms with E-state index in [1.54, 1.807) is 31.0 Å². The molecule has 1 amide bonds. The number of amides is 1. The van der Waals surface area contributed by atoms with Gasteiger partial charge in [0.1, 0.15) is 22.9 Å². The van der Waals surface area contributed by atoms with Gasteiger partial charge >= 0.3 is 0 Å². The lowest BCUT2D eigenvalue weighted by molar-refractivity contribution is -0.123. The molecule has 342 valence electrons. The lowest BCUT2D eigenvalue weighted by Crippen LogP contribution is -2.27. The number of carbonyl (C=O) groups is 1. The van der Waals surface area contributed by atoms with Crippen molar-refractivity contribution in [3.8, 4) is 67.4 Å². The first-order valence-corrected chi connectivity index (χ1v) is 22.9. The van der Waals surface area contributed by atoms with E-state index in [9.17, 15) is 4.79 Å². The second kappa shape index (κ2) is 17.4. The molecule has 14 heteroatoms. The van der Waals surface area contributed by atoms with Crippen LogP contribution in [0.2, 0.25) is 0 Å². The van der Waals surface area contributed by atoms with Crippen LogP contribution in [0.4, 0.5) is 11.5 Å². The number of H-pyrrole nitrogens is 4. The van der Waals surface area contributed by atoms with Crippen LogP contribution < -0.4 is 11.1 Å². The smallest absolute Gasteiger partial charge is 0.229 e. The summed E-state index contributed by atoms with van der Waals surface area (Å²) in [5.74, 6) is 0.444. The Labute approximate surface area is 402 Å².